The fourth-order valence-corrected chi connectivity index (χ4v) is 1.34. The van der Waals surface area contributed by atoms with Crippen molar-refractivity contribution >= 4 is 12.0 Å². The van der Waals surface area contributed by atoms with Crippen LogP contribution in [0.25, 0.3) is 17.5 Å². The molecule has 0 amide bonds. The largest absolute Gasteiger partial charge is 0.463 e. The molecule has 0 aliphatic carbocycles. The molecule has 0 atom stereocenters. The number of aromatic nitrogens is 2. The fraction of sp³-hybridized carbons (Fsp3) is 0.154. The Kier molecular flexibility index (Phi) is 3.86. The van der Waals surface area contributed by atoms with E-state index >= 15 is 0 Å². The molecule has 1 aromatic carbocycles. The lowest BCUT2D eigenvalue weighted by molar-refractivity contribution is -0.137. The smallest absolute Gasteiger partial charge is 0.330 e. The summed E-state index contributed by atoms with van der Waals surface area (Å²) in [6.45, 7) is 2.08. The third kappa shape index (κ3) is 3.04. The van der Waals surface area contributed by atoms with Gasteiger partial charge in [-0.25, -0.2) is 4.79 Å². The molecular formula is C13H12N2O3. The highest BCUT2D eigenvalue weighted by molar-refractivity contribution is 5.86. The third-order valence-corrected chi connectivity index (χ3v) is 2.12. The van der Waals surface area contributed by atoms with E-state index in [-0.39, 0.29) is 5.89 Å². The lowest BCUT2D eigenvalue weighted by Crippen LogP contribution is -1.98. The van der Waals surface area contributed by atoms with E-state index in [9.17, 15) is 4.79 Å². The van der Waals surface area contributed by atoms with Gasteiger partial charge in [0.2, 0.25) is 5.82 Å². The van der Waals surface area contributed by atoms with Gasteiger partial charge in [-0.1, -0.05) is 35.5 Å². The Balaban J connectivity index is 2.09. The number of carbonyl (C=O) groups is 1. The summed E-state index contributed by atoms with van der Waals surface area (Å²) in [5, 5.41) is 3.82. The summed E-state index contributed by atoms with van der Waals surface area (Å²) in [6, 6.07) is 9.44. The van der Waals surface area contributed by atoms with E-state index < -0.39 is 5.97 Å². The van der Waals surface area contributed by atoms with Crippen LogP contribution in [0.3, 0.4) is 0 Å². The van der Waals surface area contributed by atoms with Crippen molar-refractivity contribution in [1.29, 1.82) is 0 Å². The molecule has 0 radical (unpaired) electrons. The van der Waals surface area contributed by atoms with E-state index in [4.69, 9.17) is 9.26 Å². The van der Waals surface area contributed by atoms with Crippen LogP contribution in [-0.2, 0) is 9.53 Å². The lowest BCUT2D eigenvalue weighted by Gasteiger charge is -1.92. The van der Waals surface area contributed by atoms with Gasteiger partial charge >= 0.3 is 5.97 Å². The molecule has 92 valence electrons. The summed E-state index contributed by atoms with van der Waals surface area (Å²) >= 11 is 0. The predicted octanol–water partition coefficient (Wildman–Crippen LogP) is 2.31. The zero-order chi connectivity index (χ0) is 12.8. The molecule has 0 bridgehead atoms. The van der Waals surface area contributed by atoms with E-state index in [0.717, 1.165) is 5.56 Å². The highest BCUT2D eigenvalue weighted by Gasteiger charge is 2.05. The molecule has 2 rings (SSSR count). The normalized spacial score (nSPS) is 10.7. The van der Waals surface area contributed by atoms with Crippen molar-refractivity contribution in [2.45, 2.75) is 6.92 Å². The minimum absolute atomic E-state index is 0.266. The number of carbonyl (C=O) groups excluding carboxylic acids is 1. The molecule has 0 saturated heterocycles. The van der Waals surface area contributed by atoms with Gasteiger partial charge in [0.05, 0.1) is 6.61 Å². The van der Waals surface area contributed by atoms with Gasteiger partial charge in [0.1, 0.15) is 0 Å². The van der Waals surface area contributed by atoms with Gasteiger partial charge in [0, 0.05) is 17.7 Å². The number of rotatable bonds is 4. The summed E-state index contributed by atoms with van der Waals surface area (Å²) in [6.07, 6.45) is 2.68. The van der Waals surface area contributed by atoms with Gasteiger partial charge in [-0.2, -0.15) is 4.98 Å². The molecule has 0 aliphatic rings. The number of hydrogen-bond acceptors (Lipinski definition) is 5. The van der Waals surface area contributed by atoms with Gasteiger partial charge < -0.3 is 9.26 Å². The Morgan fingerprint density at radius 2 is 2.17 bits per heavy atom. The maximum Gasteiger partial charge on any atom is 0.330 e. The lowest BCUT2D eigenvalue weighted by atomic mass is 10.2. The van der Waals surface area contributed by atoms with E-state index in [1.165, 1.54) is 12.2 Å². The molecule has 2 aromatic rings. The fourth-order valence-electron chi connectivity index (χ4n) is 1.34. The zero-order valence-electron chi connectivity index (χ0n) is 9.87. The summed E-state index contributed by atoms with van der Waals surface area (Å²) in [7, 11) is 0. The van der Waals surface area contributed by atoms with E-state index in [2.05, 4.69) is 10.1 Å². The molecule has 1 heterocycles. The van der Waals surface area contributed by atoms with Crippen LogP contribution in [-0.4, -0.2) is 22.7 Å². The highest BCUT2D eigenvalue weighted by Crippen LogP contribution is 2.15. The van der Waals surface area contributed by atoms with Gasteiger partial charge in [0.15, 0.2) is 0 Å². The molecule has 0 aliphatic heterocycles. The summed E-state index contributed by atoms with van der Waals surface area (Å²) in [4.78, 5) is 15.2. The molecule has 1 aromatic heterocycles. The second-order valence-electron chi connectivity index (χ2n) is 3.41. The average Bonchev–Trinajstić information content (AvgIpc) is 2.87. The number of esters is 1. The molecule has 18 heavy (non-hydrogen) atoms. The minimum Gasteiger partial charge on any atom is -0.463 e. The number of nitrogens with zero attached hydrogens (tertiary/aromatic N) is 2. The SMILES string of the molecule is CCOC(=O)/C=C/c1nc(-c2ccccc2)no1. The second kappa shape index (κ2) is 5.77. The van der Waals surface area contributed by atoms with Crippen LogP contribution in [0.4, 0.5) is 0 Å². The molecule has 5 heteroatoms. The molecule has 0 N–H and O–H groups in total. The molecular weight excluding hydrogens is 232 g/mol. The van der Waals surface area contributed by atoms with Crippen molar-refractivity contribution in [3.8, 4) is 11.4 Å². The van der Waals surface area contributed by atoms with E-state index in [1.807, 2.05) is 30.3 Å². The quantitative estimate of drug-likeness (QED) is 0.610. The van der Waals surface area contributed by atoms with Crippen molar-refractivity contribution in [3.05, 3.63) is 42.3 Å². The Morgan fingerprint density at radius 3 is 2.89 bits per heavy atom. The van der Waals surface area contributed by atoms with Crippen LogP contribution in [0.2, 0.25) is 0 Å². The first kappa shape index (κ1) is 12.0. The first-order valence-electron chi connectivity index (χ1n) is 5.53. The molecule has 0 unspecified atom stereocenters. The first-order chi connectivity index (χ1) is 8.79. The Labute approximate surface area is 104 Å². The molecule has 0 saturated carbocycles. The second-order valence-corrected chi connectivity index (χ2v) is 3.41. The van der Waals surface area contributed by atoms with Gasteiger partial charge in [-0.3, -0.25) is 0 Å². The van der Waals surface area contributed by atoms with Crippen LogP contribution in [0, 0.1) is 0 Å². The minimum atomic E-state index is -0.433. The maximum atomic E-state index is 11.1. The summed E-state index contributed by atoms with van der Waals surface area (Å²) < 4.78 is 9.73. The van der Waals surface area contributed by atoms with E-state index in [1.54, 1.807) is 6.92 Å². The summed E-state index contributed by atoms with van der Waals surface area (Å²) in [5.74, 6) is 0.318. The topological polar surface area (TPSA) is 65.2 Å². The van der Waals surface area contributed by atoms with Crippen molar-refractivity contribution < 1.29 is 14.1 Å². The Bertz CT molecular complexity index is 546. The van der Waals surface area contributed by atoms with Crippen LogP contribution in [0.15, 0.2) is 40.9 Å². The monoisotopic (exact) mass is 244 g/mol. The molecule has 0 spiro atoms. The van der Waals surface area contributed by atoms with Crippen molar-refractivity contribution in [1.82, 2.24) is 10.1 Å². The maximum absolute atomic E-state index is 11.1. The number of hydrogen-bond donors (Lipinski definition) is 0. The molecule has 5 nitrogen and oxygen atoms in total. The van der Waals surface area contributed by atoms with Crippen molar-refractivity contribution in [2.24, 2.45) is 0 Å². The van der Waals surface area contributed by atoms with E-state index in [0.29, 0.717) is 12.4 Å². The van der Waals surface area contributed by atoms with Crippen molar-refractivity contribution in [2.75, 3.05) is 6.61 Å². The van der Waals surface area contributed by atoms with Crippen molar-refractivity contribution in [3.63, 3.8) is 0 Å². The third-order valence-electron chi connectivity index (χ3n) is 2.12. The number of benzene rings is 1. The van der Waals surface area contributed by atoms with Gasteiger partial charge in [0.25, 0.3) is 5.89 Å². The number of ether oxygens (including phenoxy) is 1. The van der Waals surface area contributed by atoms with Crippen LogP contribution in [0.5, 0.6) is 0 Å². The predicted molar refractivity (Wildman–Crippen MR) is 65.4 cm³/mol. The van der Waals surface area contributed by atoms with Crippen LogP contribution in [0.1, 0.15) is 12.8 Å². The standard InChI is InChI=1S/C13H12N2O3/c1-2-17-12(16)9-8-11-14-13(15-18-11)10-6-4-3-5-7-10/h3-9H,2H2,1H3/b9-8+. The van der Waals surface area contributed by atoms with Crippen LogP contribution >= 0.6 is 0 Å². The molecule has 0 fully saturated rings. The Morgan fingerprint density at radius 1 is 1.39 bits per heavy atom. The zero-order valence-corrected chi connectivity index (χ0v) is 9.87. The van der Waals surface area contributed by atoms with Crippen LogP contribution < -0.4 is 0 Å². The Hall–Kier alpha value is -2.43. The summed E-state index contributed by atoms with van der Waals surface area (Å²) in [5.41, 5.74) is 0.858. The average molecular weight is 244 g/mol. The van der Waals surface area contributed by atoms with Gasteiger partial charge in [-0.15, -0.1) is 0 Å². The van der Waals surface area contributed by atoms with Gasteiger partial charge in [-0.05, 0) is 6.92 Å². The first-order valence-corrected chi connectivity index (χ1v) is 5.53. The highest BCUT2D eigenvalue weighted by atomic mass is 16.5.